The van der Waals surface area contributed by atoms with Crippen LogP contribution in [-0.4, -0.2) is 20.5 Å². The van der Waals surface area contributed by atoms with E-state index in [1.54, 1.807) is 18.3 Å². The number of aromatic nitrogens is 3. The van der Waals surface area contributed by atoms with Gasteiger partial charge in [-0.15, -0.1) is 0 Å². The molecule has 0 unspecified atom stereocenters. The Balaban J connectivity index is 1.87. The summed E-state index contributed by atoms with van der Waals surface area (Å²) >= 11 is 6.06. The smallest absolute Gasteiger partial charge is 0.253 e. The highest BCUT2D eigenvalue weighted by molar-refractivity contribution is 6.31. The molecule has 0 aliphatic rings. The molecule has 0 aliphatic carbocycles. The third-order valence-electron chi connectivity index (χ3n) is 3.81. The van der Waals surface area contributed by atoms with Crippen LogP contribution in [0.2, 0.25) is 5.02 Å². The van der Waals surface area contributed by atoms with Crippen molar-refractivity contribution < 1.29 is 0 Å². The van der Waals surface area contributed by atoms with Crippen molar-refractivity contribution in [2.24, 2.45) is 0 Å². The van der Waals surface area contributed by atoms with Crippen molar-refractivity contribution in [1.29, 1.82) is 0 Å². The number of hydrogen-bond acceptors (Lipinski definition) is 5. The van der Waals surface area contributed by atoms with Crippen LogP contribution in [0.15, 0.2) is 41.3 Å². The van der Waals surface area contributed by atoms with Crippen molar-refractivity contribution in [1.82, 2.24) is 15.0 Å². The maximum Gasteiger partial charge on any atom is 0.253 e. The molecule has 0 bridgehead atoms. The maximum atomic E-state index is 12.4. The number of halogens is 1. The van der Waals surface area contributed by atoms with Gasteiger partial charge < -0.3 is 15.6 Å². The zero-order chi connectivity index (χ0) is 18.9. The SMILES string of the molecule is C[C@H](Nc1nccc(NC(C)(C)C)n1)c1cc2cc(Cl)ccc2[nH]c1=O. The summed E-state index contributed by atoms with van der Waals surface area (Å²) in [4.78, 5) is 24.0. The van der Waals surface area contributed by atoms with Crippen molar-refractivity contribution in [3.63, 3.8) is 0 Å². The number of nitrogens with zero attached hydrogens (tertiary/aromatic N) is 2. The van der Waals surface area contributed by atoms with Crippen molar-refractivity contribution >= 4 is 34.3 Å². The molecule has 3 aromatic rings. The van der Waals surface area contributed by atoms with Crippen molar-refractivity contribution in [2.45, 2.75) is 39.3 Å². The molecule has 0 aliphatic heterocycles. The summed E-state index contributed by atoms with van der Waals surface area (Å²) < 4.78 is 0. The van der Waals surface area contributed by atoms with Crippen LogP contribution in [0.3, 0.4) is 0 Å². The Morgan fingerprint density at radius 1 is 1.19 bits per heavy atom. The molecule has 7 heteroatoms. The van der Waals surface area contributed by atoms with E-state index >= 15 is 0 Å². The van der Waals surface area contributed by atoms with Gasteiger partial charge in [0.15, 0.2) is 0 Å². The van der Waals surface area contributed by atoms with E-state index < -0.39 is 0 Å². The normalized spacial score (nSPS) is 12.8. The van der Waals surface area contributed by atoms with Gasteiger partial charge in [-0.25, -0.2) is 4.98 Å². The first kappa shape index (κ1) is 18.2. The fourth-order valence-electron chi connectivity index (χ4n) is 2.67. The van der Waals surface area contributed by atoms with Crippen LogP contribution in [0, 0.1) is 0 Å². The van der Waals surface area contributed by atoms with E-state index in [0.29, 0.717) is 16.5 Å². The van der Waals surface area contributed by atoms with Gasteiger partial charge in [-0.3, -0.25) is 4.79 Å². The van der Waals surface area contributed by atoms with Gasteiger partial charge in [0, 0.05) is 33.2 Å². The number of aromatic amines is 1. The standard InChI is InChI=1S/C19H22ClN5O/c1-11(22-18-21-8-7-16(24-18)25-19(2,3)4)14-10-12-9-13(20)5-6-15(12)23-17(14)26/h5-11H,1-4H3,(H,23,26)(H2,21,22,24,25)/t11-/m0/s1. The van der Waals surface area contributed by atoms with E-state index in [1.807, 2.05) is 25.1 Å². The summed E-state index contributed by atoms with van der Waals surface area (Å²) in [5.74, 6) is 1.18. The summed E-state index contributed by atoms with van der Waals surface area (Å²) in [6, 6.07) is 8.76. The molecule has 136 valence electrons. The van der Waals surface area contributed by atoms with Gasteiger partial charge >= 0.3 is 0 Å². The quantitative estimate of drug-likeness (QED) is 0.634. The molecule has 3 rings (SSSR count). The largest absolute Gasteiger partial charge is 0.365 e. The molecule has 0 saturated heterocycles. The van der Waals surface area contributed by atoms with Crippen molar-refractivity contribution in [2.75, 3.05) is 10.6 Å². The third kappa shape index (κ3) is 4.32. The van der Waals surface area contributed by atoms with E-state index in [-0.39, 0.29) is 17.1 Å². The second-order valence-corrected chi connectivity index (χ2v) is 7.73. The molecular weight excluding hydrogens is 350 g/mol. The van der Waals surface area contributed by atoms with E-state index in [0.717, 1.165) is 16.7 Å². The van der Waals surface area contributed by atoms with Gasteiger partial charge in [-0.2, -0.15) is 4.98 Å². The first-order chi connectivity index (χ1) is 12.2. The number of H-pyrrole nitrogens is 1. The number of pyridine rings is 1. The predicted molar refractivity (Wildman–Crippen MR) is 107 cm³/mol. The van der Waals surface area contributed by atoms with Crippen LogP contribution < -0.4 is 16.2 Å². The van der Waals surface area contributed by atoms with E-state index in [4.69, 9.17) is 11.6 Å². The molecular formula is C19H22ClN5O. The highest BCUT2D eigenvalue weighted by atomic mass is 35.5. The number of nitrogens with one attached hydrogen (secondary N) is 3. The fraction of sp³-hybridized carbons (Fsp3) is 0.316. The molecule has 0 fully saturated rings. The van der Waals surface area contributed by atoms with Crippen molar-refractivity contribution in [3.8, 4) is 0 Å². The molecule has 3 N–H and O–H groups in total. The highest BCUT2D eigenvalue weighted by Crippen LogP contribution is 2.21. The molecule has 1 aromatic carbocycles. The summed E-state index contributed by atoms with van der Waals surface area (Å²) in [7, 11) is 0. The van der Waals surface area contributed by atoms with Gasteiger partial charge in [-0.1, -0.05) is 11.6 Å². The van der Waals surface area contributed by atoms with Crippen LogP contribution in [0.5, 0.6) is 0 Å². The van der Waals surface area contributed by atoms with Gasteiger partial charge in [-0.05, 0) is 58.0 Å². The molecule has 0 spiro atoms. The summed E-state index contributed by atoms with van der Waals surface area (Å²) in [6.45, 7) is 8.08. The Hall–Kier alpha value is -2.60. The molecule has 1 atom stereocenters. The summed E-state index contributed by atoms with van der Waals surface area (Å²) in [5.41, 5.74) is 1.09. The topological polar surface area (TPSA) is 82.7 Å². The Morgan fingerprint density at radius 3 is 2.69 bits per heavy atom. The Bertz CT molecular complexity index is 993. The molecule has 0 radical (unpaired) electrons. The van der Waals surface area contributed by atoms with E-state index in [1.165, 1.54) is 0 Å². The van der Waals surface area contributed by atoms with Crippen LogP contribution in [0.4, 0.5) is 11.8 Å². The van der Waals surface area contributed by atoms with Gasteiger partial charge in [0.2, 0.25) is 5.95 Å². The van der Waals surface area contributed by atoms with Crippen molar-refractivity contribution in [3.05, 3.63) is 57.5 Å². The summed E-state index contributed by atoms with van der Waals surface area (Å²) in [6.07, 6.45) is 1.68. The molecule has 2 heterocycles. The predicted octanol–water partition coefficient (Wildman–Crippen LogP) is 4.36. The molecule has 6 nitrogen and oxygen atoms in total. The Kier molecular flexibility index (Phi) is 4.87. The van der Waals surface area contributed by atoms with E-state index in [2.05, 4.69) is 46.4 Å². The van der Waals surface area contributed by atoms with Gasteiger partial charge in [0.25, 0.3) is 5.56 Å². The number of rotatable bonds is 4. The average Bonchev–Trinajstić information content (AvgIpc) is 2.53. The monoisotopic (exact) mass is 371 g/mol. The van der Waals surface area contributed by atoms with Gasteiger partial charge in [0.1, 0.15) is 5.82 Å². The second-order valence-electron chi connectivity index (χ2n) is 7.29. The van der Waals surface area contributed by atoms with Gasteiger partial charge in [0.05, 0.1) is 6.04 Å². The number of anilines is 2. The van der Waals surface area contributed by atoms with Crippen LogP contribution >= 0.6 is 11.6 Å². The zero-order valence-corrected chi connectivity index (χ0v) is 16.0. The highest BCUT2D eigenvalue weighted by Gasteiger charge is 2.14. The van der Waals surface area contributed by atoms with Crippen LogP contribution in [0.1, 0.15) is 39.3 Å². The Labute approximate surface area is 157 Å². The zero-order valence-electron chi connectivity index (χ0n) is 15.2. The lowest BCUT2D eigenvalue weighted by molar-refractivity contribution is 0.630. The first-order valence-corrected chi connectivity index (χ1v) is 8.79. The average molecular weight is 372 g/mol. The lowest BCUT2D eigenvalue weighted by Gasteiger charge is -2.21. The lowest BCUT2D eigenvalue weighted by Crippen LogP contribution is -2.27. The number of benzene rings is 1. The molecule has 0 saturated carbocycles. The minimum Gasteiger partial charge on any atom is -0.365 e. The maximum absolute atomic E-state index is 12.4. The fourth-order valence-corrected chi connectivity index (χ4v) is 2.85. The first-order valence-electron chi connectivity index (χ1n) is 8.41. The molecule has 2 aromatic heterocycles. The Morgan fingerprint density at radius 2 is 1.96 bits per heavy atom. The number of hydrogen-bond donors (Lipinski definition) is 3. The van der Waals surface area contributed by atoms with Crippen LogP contribution in [-0.2, 0) is 0 Å². The third-order valence-corrected chi connectivity index (χ3v) is 4.04. The summed E-state index contributed by atoms with van der Waals surface area (Å²) in [5, 5.41) is 8.00. The van der Waals surface area contributed by atoms with E-state index in [9.17, 15) is 4.79 Å². The lowest BCUT2D eigenvalue weighted by atomic mass is 10.1. The van der Waals surface area contributed by atoms with Crippen LogP contribution in [0.25, 0.3) is 10.9 Å². The minimum absolute atomic E-state index is 0.105. The second kappa shape index (κ2) is 6.96. The molecule has 0 amide bonds. The number of fused-ring (bicyclic) bond motifs is 1. The minimum atomic E-state index is -0.271. The molecule has 26 heavy (non-hydrogen) atoms.